The first-order valence-electron chi connectivity index (χ1n) is 10.7. The average molecular weight is 386 g/mol. The van der Waals surface area contributed by atoms with Crippen molar-refractivity contribution in [2.45, 2.75) is 51.2 Å². The van der Waals surface area contributed by atoms with Gasteiger partial charge in [-0.3, -0.25) is 4.79 Å². The highest BCUT2D eigenvalue weighted by Gasteiger charge is 2.34. The number of Topliss-reactive ketones (excluding diaryl/α,β-unsaturated/α-hetero) is 1. The number of fused-ring (bicyclic) bond motifs is 3. The first-order valence-corrected chi connectivity index (χ1v) is 10.7. The molecule has 0 radical (unpaired) electrons. The lowest BCUT2D eigenvalue weighted by atomic mass is 9.83. The first kappa shape index (κ1) is 18.2. The maximum atomic E-state index is 13.0. The largest absolute Gasteiger partial charge is 0.488 e. The molecule has 1 unspecified atom stereocenters. The van der Waals surface area contributed by atoms with Gasteiger partial charge in [0.2, 0.25) is 0 Å². The van der Waals surface area contributed by atoms with E-state index in [0.717, 1.165) is 35.4 Å². The van der Waals surface area contributed by atoms with Gasteiger partial charge < -0.3 is 9.30 Å². The summed E-state index contributed by atoms with van der Waals surface area (Å²) in [6.45, 7) is 0.525. The molecule has 4 heteroatoms. The summed E-state index contributed by atoms with van der Waals surface area (Å²) >= 11 is 0. The van der Waals surface area contributed by atoms with Gasteiger partial charge in [-0.05, 0) is 30.0 Å². The number of imidazole rings is 1. The van der Waals surface area contributed by atoms with Crippen LogP contribution in [-0.4, -0.2) is 15.3 Å². The van der Waals surface area contributed by atoms with Crippen LogP contribution in [0.25, 0.3) is 11.3 Å². The average Bonchev–Trinajstić information content (AvgIpc) is 3.36. The molecule has 0 N–H and O–H groups in total. The topological polar surface area (TPSA) is 44.1 Å². The Balaban J connectivity index is 1.42. The van der Waals surface area contributed by atoms with Crippen LogP contribution in [0.5, 0.6) is 5.75 Å². The van der Waals surface area contributed by atoms with Gasteiger partial charge in [0.25, 0.3) is 0 Å². The molecule has 2 heterocycles. The SMILES string of the molecule is O=C(CC1c2cccc(OCc3ccccc3)c2-c2cncn21)C1CCCCC1. The third kappa shape index (κ3) is 3.48. The van der Waals surface area contributed by atoms with Crippen LogP contribution in [0.4, 0.5) is 0 Å². The quantitative estimate of drug-likeness (QED) is 0.556. The van der Waals surface area contributed by atoms with Crippen molar-refractivity contribution in [1.29, 1.82) is 0 Å². The summed E-state index contributed by atoms with van der Waals surface area (Å²) < 4.78 is 8.36. The zero-order chi connectivity index (χ0) is 19.6. The van der Waals surface area contributed by atoms with E-state index in [0.29, 0.717) is 18.8 Å². The van der Waals surface area contributed by atoms with Gasteiger partial charge in [-0.2, -0.15) is 0 Å². The number of benzene rings is 2. The Morgan fingerprint density at radius 3 is 2.69 bits per heavy atom. The Hall–Kier alpha value is -2.88. The maximum absolute atomic E-state index is 13.0. The number of rotatable bonds is 6. The van der Waals surface area contributed by atoms with Crippen molar-refractivity contribution in [1.82, 2.24) is 9.55 Å². The van der Waals surface area contributed by atoms with Crippen molar-refractivity contribution in [3.63, 3.8) is 0 Å². The van der Waals surface area contributed by atoms with E-state index in [1.165, 1.54) is 24.8 Å². The molecule has 2 aromatic carbocycles. The summed E-state index contributed by atoms with van der Waals surface area (Å²) in [5, 5.41) is 0. The molecule has 0 spiro atoms. The predicted molar refractivity (Wildman–Crippen MR) is 113 cm³/mol. The van der Waals surface area contributed by atoms with Crippen LogP contribution in [0.3, 0.4) is 0 Å². The fourth-order valence-electron chi connectivity index (χ4n) is 4.84. The minimum absolute atomic E-state index is 0.0252. The van der Waals surface area contributed by atoms with Gasteiger partial charge in [0.15, 0.2) is 0 Å². The van der Waals surface area contributed by atoms with Crippen LogP contribution in [0.15, 0.2) is 61.1 Å². The first-order chi connectivity index (χ1) is 14.3. The number of aromatic nitrogens is 2. The highest BCUT2D eigenvalue weighted by molar-refractivity contribution is 5.84. The van der Waals surface area contributed by atoms with Crippen molar-refractivity contribution in [3.8, 4) is 17.0 Å². The van der Waals surface area contributed by atoms with E-state index in [9.17, 15) is 4.79 Å². The Morgan fingerprint density at radius 2 is 1.86 bits per heavy atom. The summed E-state index contributed by atoms with van der Waals surface area (Å²) in [6.07, 6.45) is 10.0. The molecule has 3 aromatic rings. The van der Waals surface area contributed by atoms with Gasteiger partial charge in [0.05, 0.1) is 24.3 Å². The Kier molecular flexibility index (Phi) is 4.92. The smallest absolute Gasteiger partial charge is 0.138 e. The van der Waals surface area contributed by atoms with E-state index >= 15 is 0 Å². The van der Waals surface area contributed by atoms with Crippen molar-refractivity contribution < 1.29 is 9.53 Å². The van der Waals surface area contributed by atoms with E-state index < -0.39 is 0 Å². The third-order valence-electron chi connectivity index (χ3n) is 6.37. The van der Waals surface area contributed by atoms with Gasteiger partial charge in [-0.1, -0.05) is 61.7 Å². The molecule has 148 valence electrons. The number of ether oxygens (including phenoxy) is 1. The van der Waals surface area contributed by atoms with Crippen molar-refractivity contribution in [2.24, 2.45) is 5.92 Å². The van der Waals surface area contributed by atoms with Crippen LogP contribution in [0.1, 0.15) is 55.7 Å². The molecule has 0 saturated heterocycles. The van der Waals surface area contributed by atoms with Crippen LogP contribution >= 0.6 is 0 Å². The van der Waals surface area contributed by atoms with E-state index in [1.807, 2.05) is 42.9 Å². The summed E-state index contributed by atoms with van der Waals surface area (Å²) in [7, 11) is 0. The van der Waals surface area contributed by atoms with E-state index in [2.05, 4.69) is 27.8 Å². The Labute approximate surface area is 171 Å². The number of nitrogens with zero attached hydrogens (tertiary/aromatic N) is 2. The van der Waals surface area contributed by atoms with Gasteiger partial charge >= 0.3 is 0 Å². The Bertz CT molecular complexity index is 1000. The number of hydrogen-bond acceptors (Lipinski definition) is 3. The second-order valence-electron chi connectivity index (χ2n) is 8.20. The van der Waals surface area contributed by atoms with Crippen LogP contribution in [0, 0.1) is 5.92 Å². The number of hydrogen-bond donors (Lipinski definition) is 0. The van der Waals surface area contributed by atoms with E-state index in [-0.39, 0.29) is 12.0 Å². The monoisotopic (exact) mass is 386 g/mol. The highest BCUT2D eigenvalue weighted by atomic mass is 16.5. The van der Waals surface area contributed by atoms with E-state index in [1.54, 1.807) is 0 Å². The summed E-state index contributed by atoms with van der Waals surface area (Å²) in [6, 6.07) is 16.4. The van der Waals surface area contributed by atoms with Gasteiger partial charge in [-0.15, -0.1) is 0 Å². The van der Waals surface area contributed by atoms with Crippen LogP contribution in [0.2, 0.25) is 0 Å². The lowest BCUT2D eigenvalue weighted by Crippen LogP contribution is -2.21. The number of carbonyl (C=O) groups is 1. The van der Waals surface area contributed by atoms with Crippen molar-refractivity contribution in [2.75, 3.05) is 0 Å². The van der Waals surface area contributed by atoms with E-state index in [4.69, 9.17) is 4.74 Å². The number of carbonyl (C=O) groups excluding carboxylic acids is 1. The highest BCUT2D eigenvalue weighted by Crippen LogP contribution is 2.46. The van der Waals surface area contributed by atoms with Gasteiger partial charge in [-0.25, -0.2) is 4.98 Å². The second kappa shape index (κ2) is 7.86. The second-order valence-corrected chi connectivity index (χ2v) is 8.20. The van der Waals surface area contributed by atoms with Crippen molar-refractivity contribution >= 4 is 5.78 Å². The molecular weight excluding hydrogens is 360 g/mol. The third-order valence-corrected chi connectivity index (χ3v) is 6.37. The molecule has 1 saturated carbocycles. The van der Waals surface area contributed by atoms with Gasteiger partial charge in [0, 0.05) is 17.9 Å². The summed E-state index contributed by atoms with van der Waals surface area (Å²) in [5.41, 5.74) is 4.45. The molecule has 29 heavy (non-hydrogen) atoms. The Morgan fingerprint density at radius 1 is 1.03 bits per heavy atom. The molecular formula is C25H26N2O2. The molecule has 1 aliphatic carbocycles. The lowest BCUT2D eigenvalue weighted by molar-refractivity contribution is -0.124. The fraction of sp³-hybridized carbons (Fsp3) is 0.360. The molecule has 1 atom stereocenters. The number of ketones is 1. The predicted octanol–water partition coefficient (Wildman–Crippen LogP) is 5.57. The van der Waals surface area contributed by atoms with Crippen molar-refractivity contribution in [3.05, 3.63) is 72.2 Å². The molecule has 1 aromatic heterocycles. The van der Waals surface area contributed by atoms with Crippen LogP contribution < -0.4 is 4.74 Å². The molecule has 1 fully saturated rings. The lowest BCUT2D eigenvalue weighted by Gasteiger charge is -2.22. The molecule has 1 aliphatic heterocycles. The van der Waals surface area contributed by atoms with Gasteiger partial charge in [0.1, 0.15) is 18.1 Å². The maximum Gasteiger partial charge on any atom is 0.138 e. The molecule has 0 bridgehead atoms. The molecule has 5 rings (SSSR count). The van der Waals surface area contributed by atoms with Crippen LogP contribution in [-0.2, 0) is 11.4 Å². The minimum atomic E-state index is 0.0252. The fourth-order valence-corrected chi connectivity index (χ4v) is 4.84. The summed E-state index contributed by atoms with van der Waals surface area (Å²) in [4.78, 5) is 17.4. The normalized spacial score (nSPS) is 18.3. The standard InChI is InChI=1S/C25H26N2O2/c28-23(19-10-5-2-6-11-19)14-21-20-12-7-13-24(25(20)22-15-26-17-27(21)22)29-16-18-8-3-1-4-9-18/h1,3-4,7-9,12-13,15,17,19,21H,2,5-6,10-11,14,16H2. The summed E-state index contributed by atoms with van der Waals surface area (Å²) in [5.74, 6) is 1.50. The molecule has 0 amide bonds. The zero-order valence-electron chi connectivity index (χ0n) is 16.6. The molecule has 2 aliphatic rings. The minimum Gasteiger partial charge on any atom is -0.488 e. The molecule has 4 nitrogen and oxygen atoms in total. The zero-order valence-corrected chi connectivity index (χ0v) is 16.6.